The van der Waals surface area contributed by atoms with Gasteiger partial charge in [0.1, 0.15) is 0 Å². The van der Waals surface area contributed by atoms with Gasteiger partial charge in [0.25, 0.3) is 0 Å². The zero-order valence-corrected chi connectivity index (χ0v) is 11.4. The van der Waals surface area contributed by atoms with Gasteiger partial charge < -0.3 is 15.0 Å². The topological polar surface area (TPSA) is 24.5 Å². The molecule has 0 saturated carbocycles. The molecule has 0 bridgehead atoms. The molecule has 0 heterocycles. The first kappa shape index (κ1) is 14.9. The first-order valence-corrected chi connectivity index (χ1v) is 5.78. The Hall–Kier alpha value is -0.120. The van der Waals surface area contributed by atoms with Crippen molar-refractivity contribution in [3.63, 3.8) is 0 Å². The summed E-state index contributed by atoms with van der Waals surface area (Å²) in [5.74, 6) is 0. The number of hydrogen-bond acceptors (Lipinski definition) is 3. The highest BCUT2D eigenvalue weighted by atomic mass is 16.5. The van der Waals surface area contributed by atoms with E-state index in [0.717, 1.165) is 13.2 Å². The third-order valence-electron chi connectivity index (χ3n) is 2.75. The van der Waals surface area contributed by atoms with Gasteiger partial charge in [-0.3, -0.25) is 0 Å². The van der Waals surface area contributed by atoms with E-state index in [1.54, 1.807) is 0 Å². The number of ether oxygens (including phenoxy) is 1. The van der Waals surface area contributed by atoms with Gasteiger partial charge in [-0.2, -0.15) is 0 Å². The Morgan fingerprint density at radius 2 is 1.73 bits per heavy atom. The van der Waals surface area contributed by atoms with Crippen LogP contribution in [0.2, 0.25) is 0 Å². The summed E-state index contributed by atoms with van der Waals surface area (Å²) in [4.78, 5) is 2.19. The Morgan fingerprint density at radius 3 is 2.13 bits per heavy atom. The molecule has 0 saturated heterocycles. The lowest BCUT2D eigenvalue weighted by Gasteiger charge is -2.33. The van der Waals surface area contributed by atoms with Gasteiger partial charge in [0, 0.05) is 18.1 Å². The van der Waals surface area contributed by atoms with Gasteiger partial charge in [-0.05, 0) is 34.9 Å². The molecule has 1 unspecified atom stereocenters. The normalized spacial score (nSPS) is 15.0. The van der Waals surface area contributed by atoms with Crippen LogP contribution >= 0.6 is 0 Å². The van der Waals surface area contributed by atoms with Crippen LogP contribution in [-0.2, 0) is 4.74 Å². The lowest BCUT2D eigenvalue weighted by atomic mass is 10.1. The smallest absolute Gasteiger partial charge is 0.0672 e. The van der Waals surface area contributed by atoms with Crippen molar-refractivity contribution < 1.29 is 4.74 Å². The maximum atomic E-state index is 5.81. The minimum absolute atomic E-state index is 0.103. The Labute approximate surface area is 95.2 Å². The maximum Gasteiger partial charge on any atom is 0.0672 e. The van der Waals surface area contributed by atoms with Crippen LogP contribution in [0.1, 0.15) is 34.6 Å². The monoisotopic (exact) mass is 216 g/mol. The van der Waals surface area contributed by atoms with E-state index >= 15 is 0 Å². The van der Waals surface area contributed by atoms with E-state index in [-0.39, 0.29) is 11.6 Å². The number of rotatable bonds is 7. The fourth-order valence-corrected chi connectivity index (χ4v) is 0.936. The first-order valence-electron chi connectivity index (χ1n) is 5.78. The molecule has 1 atom stereocenters. The number of nitrogens with zero attached hydrogens (tertiary/aromatic N) is 1. The van der Waals surface area contributed by atoms with Crippen LogP contribution in [0.5, 0.6) is 0 Å². The molecular formula is C12H28N2O. The van der Waals surface area contributed by atoms with Gasteiger partial charge in [-0.25, -0.2) is 0 Å². The van der Waals surface area contributed by atoms with Crippen molar-refractivity contribution in [1.82, 2.24) is 10.2 Å². The second kappa shape index (κ2) is 6.46. The molecule has 0 aromatic heterocycles. The number of nitrogens with one attached hydrogen (secondary N) is 1. The summed E-state index contributed by atoms with van der Waals surface area (Å²) >= 11 is 0. The van der Waals surface area contributed by atoms with Crippen molar-refractivity contribution in [2.45, 2.75) is 52.3 Å². The molecule has 92 valence electrons. The Bertz CT molecular complexity index is 167. The number of hydrogen-bond donors (Lipinski definition) is 1. The quantitative estimate of drug-likeness (QED) is 0.701. The minimum Gasteiger partial charge on any atom is -0.375 e. The number of likely N-dealkylation sites (N-methyl/N-ethyl adjacent to an activating group) is 1. The molecule has 0 aromatic carbocycles. The predicted molar refractivity (Wildman–Crippen MR) is 66.3 cm³/mol. The standard InChI is InChI=1S/C12H28N2O/c1-10(2)13-8-11(3)15-9-12(4,5)14(6)7/h10-11,13H,8-9H2,1-7H3. The third kappa shape index (κ3) is 6.88. The molecule has 0 rings (SSSR count). The molecule has 0 aromatic rings. The van der Waals surface area contributed by atoms with Crippen molar-refractivity contribution in [1.29, 1.82) is 0 Å². The van der Waals surface area contributed by atoms with Crippen LogP contribution < -0.4 is 5.32 Å². The van der Waals surface area contributed by atoms with Crippen molar-refractivity contribution in [3.8, 4) is 0 Å². The van der Waals surface area contributed by atoms with E-state index < -0.39 is 0 Å². The van der Waals surface area contributed by atoms with E-state index in [0.29, 0.717) is 6.04 Å². The summed E-state index contributed by atoms with van der Waals surface area (Å²) in [6.45, 7) is 12.5. The molecular weight excluding hydrogens is 188 g/mol. The SMILES string of the molecule is CC(C)NCC(C)OCC(C)(C)N(C)C. The zero-order chi connectivity index (χ0) is 12.1. The zero-order valence-electron chi connectivity index (χ0n) is 11.4. The van der Waals surface area contributed by atoms with Gasteiger partial charge >= 0.3 is 0 Å². The van der Waals surface area contributed by atoms with E-state index in [9.17, 15) is 0 Å². The van der Waals surface area contributed by atoms with Gasteiger partial charge in [0.05, 0.1) is 12.7 Å². The molecule has 1 N–H and O–H groups in total. The van der Waals surface area contributed by atoms with Crippen molar-refractivity contribution in [2.75, 3.05) is 27.2 Å². The van der Waals surface area contributed by atoms with Crippen LogP contribution in [0.25, 0.3) is 0 Å². The molecule has 0 amide bonds. The fourth-order valence-electron chi connectivity index (χ4n) is 0.936. The molecule has 0 aliphatic heterocycles. The summed E-state index contributed by atoms with van der Waals surface area (Å²) < 4.78 is 5.81. The van der Waals surface area contributed by atoms with Crippen LogP contribution in [0.3, 0.4) is 0 Å². The maximum absolute atomic E-state index is 5.81. The molecule has 0 aliphatic rings. The average molecular weight is 216 g/mol. The average Bonchev–Trinajstić information content (AvgIpc) is 2.11. The third-order valence-corrected chi connectivity index (χ3v) is 2.75. The molecule has 0 aliphatic carbocycles. The van der Waals surface area contributed by atoms with E-state index in [1.807, 2.05) is 0 Å². The van der Waals surface area contributed by atoms with E-state index in [4.69, 9.17) is 4.74 Å². The molecule has 0 fully saturated rings. The molecule has 3 heteroatoms. The highest BCUT2D eigenvalue weighted by Gasteiger charge is 2.21. The summed E-state index contributed by atoms with van der Waals surface area (Å²) in [5, 5.41) is 3.37. The highest BCUT2D eigenvalue weighted by molar-refractivity contribution is 4.76. The van der Waals surface area contributed by atoms with Crippen molar-refractivity contribution >= 4 is 0 Å². The Balaban J connectivity index is 3.75. The lowest BCUT2D eigenvalue weighted by Crippen LogP contribution is -2.44. The fraction of sp³-hybridized carbons (Fsp3) is 1.00. The summed E-state index contributed by atoms with van der Waals surface area (Å²) in [6, 6.07) is 0.526. The summed E-state index contributed by atoms with van der Waals surface area (Å²) in [6.07, 6.45) is 0.270. The summed E-state index contributed by atoms with van der Waals surface area (Å²) in [5.41, 5.74) is 0.103. The predicted octanol–water partition coefficient (Wildman–Crippen LogP) is 1.73. The van der Waals surface area contributed by atoms with E-state index in [2.05, 4.69) is 58.9 Å². The largest absolute Gasteiger partial charge is 0.375 e. The van der Waals surface area contributed by atoms with Gasteiger partial charge in [-0.15, -0.1) is 0 Å². The second-order valence-electron chi connectivity index (χ2n) is 5.39. The van der Waals surface area contributed by atoms with Crippen molar-refractivity contribution in [2.24, 2.45) is 0 Å². The van der Waals surface area contributed by atoms with Gasteiger partial charge in [0.2, 0.25) is 0 Å². The van der Waals surface area contributed by atoms with Crippen LogP contribution in [0.4, 0.5) is 0 Å². The van der Waals surface area contributed by atoms with Gasteiger partial charge in [0.15, 0.2) is 0 Å². The Kier molecular flexibility index (Phi) is 6.41. The first-order chi connectivity index (χ1) is 6.75. The van der Waals surface area contributed by atoms with Crippen LogP contribution in [0, 0.1) is 0 Å². The second-order valence-corrected chi connectivity index (χ2v) is 5.39. The molecule has 15 heavy (non-hydrogen) atoms. The Morgan fingerprint density at radius 1 is 1.20 bits per heavy atom. The van der Waals surface area contributed by atoms with Crippen LogP contribution in [0.15, 0.2) is 0 Å². The molecule has 0 spiro atoms. The highest BCUT2D eigenvalue weighted by Crippen LogP contribution is 2.11. The van der Waals surface area contributed by atoms with E-state index in [1.165, 1.54) is 0 Å². The van der Waals surface area contributed by atoms with Gasteiger partial charge in [-0.1, -0.05) is 13.8 Å². The molecule has 0 radical (unpaired) electrons. The molecule has 3 nitrogen and oxygen atoms in total. The van der Waals surface area contributed by atoms with Crippen molar-refractivity contribution in [3.05, 3.63) is 0 Å². The summed E-state index contributed by atoms with van der Waals surface area (Å²) in [7, 11) is 4.17. The lowest BCUT2D eigenvalue weighted by molar-refractivity contribution is -0.00363. The minimum atomic E-state index is 0.103. The van der Waals surface area contributed by atoms with Crippen LogP contribution in [-0.4, -0.2) is 49.8 Å².